The van der Waals surface area contributed by atoms with Crippen LogP contribution in [0.2, 0.25) is 0 Å². The monoisotopic (exact) mass is 207 g/mol. The molecule has 1 aliphatic heterocycles. The van der Waals surface area contributed by atoms with E-state index in [0.717, 1.165) is 5.76 Å². The third-order valence-corrected chi connectivity index (χ3v) is 3.28. The highest BCUT2D eigenvalue weighted by Crippen LogP contribution is 2.31. The summed E-state index contributed by atoms with van der Waals surface area (Å²) in [5, 5.41) is 0. The summed E-state index contributed by atoms with van der Waals surface area (Å²) in [6.45, 7) is 4.72. The predicted octanol–water partition coefficient (Wildman–Crippen LogP) is 3.61. The lowest BCUT2D eigenvalue weighted by Gasteiger charge is -2.34. The summed E-state index contributed by atoms with van der Waals surface area (Å²) in [7, 11) is 0. The Bertz CT molecular complexity index is 268. The molecule has 0 N–H and O–H groups in total. The van der Waals surface area contributed by atoms with Gasteiger partial charge in [-0.05, 0) is 44.5 Å². The zero-order valence-electron chi connectivity index (χ0n) is 9.61. The van der Waals surface area contributed by atoms with Crippen LogP contribution in [0.5, 0.6) is 0 Å². The Morgan fingerprint density at radius 2 is 2.40 bits per heavy atom. The van der Waals surface area contributed by atoms with Gasteiger partial charge >= 0.3 is 0 Å². The predicted molar refractivity (Wildman–Crippen MR) is 61.8 cm³/mol. The Kier molecular flexibility index (Phi) is 3.84. The first-order valence-electron chi connectivity index (χ1n) is 6.19. The van der Waals surface area contributed by atoms with Gasteiger partial charge in [-0.1, -0.05) is 19.8 Å². The molecule has 0 aromatic carbocycles. The first-order valence-corrected chi connectivity index (χ1v) is 6.19. The summed E-state index contributed by atoms with van der Waals surface area (Å²) in [5.74, 6) is 1.16. The van der Waals surface area contributed by atoms with E-state index in [1.807, 2.05) is 6.07 Å². The van der Waals surface area contributed by atoms with E-state index in [-0.39, 0.29) is 0 Å². The van der Waals surface area contributed by atoms with Crippen molar-refractivity contribution in [1.82, 2.24) is 4.90 Å². The lowest BCUT2D eigenvalue weighted by Crippen LogP contribution is -2.33. The Hall–Kier alpha value is -0.760. The van der Waals surface area contributed by atoms with Gasteiger partial charge in [-0.15, -0.1) is 0 Å². The van der Waals surface area contributed by atoms with Gasteiger partial charge in [-0.3, -0.25) is 4.90 Å². The maximum atomic E-state index is 5.54. The molecular weight excluding hydrogens is 186 g/mol. The van der Waals surface area contributed by atoms with Crippen LogP contribution in [0, 0.1) is 0 Å². The molecule has 1 aromatic rings. The summed E-state index contributed by atoms with van der Waals surface area (Å²) in [4.78, 5) is 2.59. The lowest BCUT2D eigenvalue weighted by atomic mass is 10.00. The summed E-state index contributed by atoms with van der Waals surface area (Å²) in [6.07, 6.45) is 8.33. The Morgan fingerprint density at radius 1 is 1.47 bits per heavy atom. The van der Waals surface area contributed by atoms with Crippen molar-refractivity contribution in [1.29, 1.82) is 0 Å². The van der Waals surface area contributed by atoms with E-state index >= 15 is 0 Å². The van der Waals surface area contributed by atoms with Crippen molar-refractivity contribution in [2.75, 3.05) is 13.1 Å². The zero-order valence-corrected chi connectivity index (χ0v) is 9.61. The van der Waals surface area contributed by atoms with E-state index in [4.69, 9.17) is 4.42 Å². The third kappa shape index (κ3) is 2.63. The topological polar surface area (TPSA) is 16.4 Å². The fourth-order valence-corrected chi connectivity index (χ4v) is 2.42. The molecule has 2 nitrogen and oxygen atoms in total. The highest BCUT2D eigenvalue weighted by atomic mass is 16.3. The molecule has 1 atom stereocenters. The van der Waals surface area contributed by atoms with Crippen LogP contribution >= 0.6 is 0 Å². The SMILES string of the molecule is CCCCN1CCCC[C@H]1c1ccco1. The maximum absolute atomic E-state index is 5.54. The fraction of sp³-hybridized carbons (Fsp3) is 0.692. The number of piperidine rings is 1. The zero-order chi connectivity index (χ0) is 10.5. The fourth-order valence-electron chi connectivity index (χ4n) is 2.42. The third-order valence-electron chi connectivity index (χ3n) is 3.28. The molecule has 1 saturated heterocycles. The van der Waals surface area contributed by atoms with Gasteiger partial charge in [-0.2, -0.15) is 0 Å². The van der Waals surface area contributed by atoms with Crippen LogP contribution in [0.25, 0.3) is 0 Å². The second-order valence-corrected chi connectivity index (χ2v) is 4.42. The molecule has 0 amide bonds. The van der Waals surface area contributed by atoms with Crippen molar-refractivity contribution in [3.05, 3.63) is 24.2 Å². The van der Waals surface area contributed by atoms with Crippen LogP contribution in [0.3, 0.4) is 0 Å². The number of unbranched alkanes of at least 4 members (excludes halogenated alkanes) is 1. The van der Waals surface area contributed by atoms with Gasteiger partial charge in [0.2, 0.25) is 0 Å². The quantitative estimate of drug-likeness (QED) is 0.750. The number of nitrogens with zero attached hydrogens (tertiary/aromatic N) is 1. The van der Waals surface area contributed by atoms with Crippen molar-refractivity contribution in [3.8, 4) is 0 Å². The second-order valence-electron chi connectivity index (χ2n) is 4.42. The Morgan fingerprint density at radius 3 is 3.13 bits per heavy atom. The van der Waals surface area contributed by atoms with Gasteiger partial charge in [-0.25, -0.2) is 0 Å². The van der Waals surface area contributed by atoms with Crippen molar-refractivity contribution in [2.45, 2.75) is 45.1 Å². The van der Waals surface area contributed by atoms with E-state index in [1.165, 1.54) is 45.2 Å². The van der Waals surface area contributed by atoms with Gasteiger partial charge in [0, 0.05) is 0 Å². The summed E-state index contributed by atoms with van der Waals surface area (Å²) < 4.78 is 5.54. The van der Waals surface area contributed by atoms with Gasteiger partial charge in [0.15, 0.2) is 0 Å². The molecule has 2 heterocycles. The lowest BCUT2D eigenvalue weighted by molar-refractivity contribution is 0.128. The number of hydrogen-bond donors (Lipinski definition) is 0. The normalized spacial score (nSPS) is 23.1. The molecule has 2 heteroatoms. The molecule has 15 heavy (non-hydrogen) atoms. The van der Waals surface area contributed by atoms with E-state index in [9.17, 15) is 0 Å². The van der Waals surface area contributed by atoms with Gasteiger partial charge in [0.1, 0.15) is 5.76 Å². The first kappa shape index (κ1) is 10.7. The van der Waals surface area contributed by atoms with Crippen LogP contribution in [0.1, 0.15) is 50.8 Å². The van der Waals surface area contributed by atoms with Crippen molar-refractivity contribution in [2.24, 2.45) is 0 Å². The summed E-state index contributed by atoms with van der Waals surface area (Å²) >= 11 is 0. The number of likely N-dealkylation sites (tertiary alicyclic amines) is 1. The van der Waals surface area contributed by atoms with Crippen molar-refractivity contribution < 1.29 is 4.42 Å². The summed E-state index contributed by atoms with van der Waals surface area (Å²) in [6, 6.07) is 4.66. The van der Waals surface area contributed by atoms with Gasteiger partial charge < -0.3 is 4.42 Å². The Balaban J connectivity index is 1.99. The molecule has 1 fully saturated rings. The number of furan rings is 1. The second kappa shape index (κ2) is 5.36. The Labute approximate surface area is 92.3 Å². The highest BCUT2D eigenvalue weighted by Gasteiger charge is 2.24. The van der Waals surface area contributed by atoms with E-state index in [0.29, 0.717) is 6.04 Å². The minimum absolute atomic E-state index is 0.542. The van der Waals surface area contributed by atoms with Crippen molar-refractivity contribution in [3.63, 3.8) is 0 Å². The van der Waals surface area contributed by atoms with E-state index in [1.54, 1.807) is 6.26 Å². The average Bonchev–Trinajstić information content (AvgIpc) is 2.80. The summed E-state index contributed by atoms with van der Waals surface area (Å²) in [5.41, 5.74) is 0. The van der Waals surface area contributed by atoms with Crippen LogP contribution in [-0.2, 0) is 0 Å². The molecule has 0 spiro atoms. The molecule has 0 aliphatic carbocycles. The molecule has 0 radical (unpaired) electrons. The molecule has 0 bridgehead atoms. The molecule has 1 aromatic heterocycles. The van der Waals surface area contributed by atoms with E-state index < -0.39 is 0 Å². The standard InChI is InChI=1S/C13H21NO/c1-2-3-9-14-10-5-4-7-12(14)13-8-6-11-15-13/h6,8,11-12H,2-5,7,9-10H2,1H3/t12-/m0/s1. The maximum Gasteiger partial charge on any atom is 0.120 e. The first-order chi connectivity index (χ1) is 7.42. The molecule has 84 valence electrons. The average molecular weight is 207 g/mol. The molecule has 2 rings (SSSR count). The van der Waals surface area contributed by atoms with Gasteiger partial charge in [0.05, 0.1) is 12.3 Å². The number of hydrogen-bond acceptors (Lipinski definition) is 2. The highest BCUT2D eigenvalue weighted by molar-refractivity contribution is 5.05. The van der Waals surface area contributed by atoms with Crippen molar-refractivity contribution >= 4 is 0 Å². The molecular formula is C13H21NO. The van der Waals surface area contributed by atoms with Crippen LogP contribution < -0.4 is 0 Å². The largest absolute Gasteiger partial charge is 0.468 e. The smallest absolute Gasteiger partial charge is 0.120 e. The van der Waals surface area contributed by atoms with Crippen LogP contribution in [0.15, 0.2) is 22.8 Å². The number of rotatable bonds is 4. The molecule has 0 saturated carbocycles. The van der Waals surface area contributed by atoms with Crippen LogP contribution in [-0.4, -0.2) is 18.0 Å². The van der Waals surface area contributed by atoms with Crippen LogP contribution in [0.4, 0.5) is 0 Å². The molecule has 1 aliphatic rings. The van der Waals surface area contributed by atoms with Gasteiger partial charge in [0.25, 0.3) is 0 Å². The molecule has 0 unspecified atom stereocenters. The minimum Gasteiger partial charge on any atom is -0.468 e. The minimum atomic E-state index is 0.542. The van der Waals surface area contributed by atoms with E-state index in [2.05, 4.69) is 17.9 Å².